The molecule has 0 fully saturated rings. The third kappa shape index (κ3) is 3.25. The molecule has 0 unspecified atom stereocenters. The van der Waals surface area contributed by atoms with Crippen LogP contribution in [0.15, 0.2) is 54.6 Å². The van der Waals surface area contributed by atoms with E-state index in [1.165, 1.54) is 0 Å². The van der Waals surface area contributed by atoms with E-state index in [1.54, 1.807) is 24.3 Å². The molecule has 1 aromatic heterocycles. The molecule has 5 heteroatoms. The van der Waals surface area contributed by atoms with Gasteiger partial charge < -0.3 is 11.1 Å². The lowest BCUT2D eigenvalue weighted by Crippen LogP contribution is -2.23. The van der Waals surface area contributed by atoms with E-state index in [4.69, 9.17) is 5.73 Å². The standard InChI is InChI=1S/C19H17N3O2/c1-12-9-16(15-7-2-3-8-17(15)22-12)19(24)21-11-13-5-4-6-14(10-13)18(20)23/h2-10H,11H2,1H3,(H2,20,23)(H,21,24). The van der Waals surface area contributed by atoms with Crippen molar-refractivity contribution in [1.29, 1.82) is 0 Å². The lowest BCUT2D eigenvalue weighted by molar-refractivity contribution is 0.0951. The number of rotatable bonds is 4. The summed E-state index contributed by atoms with van der Waals surface area (Å²) in [5.74, 6) is -0.667. The molecule has 2 aromatic carbocycles. The zero-order chi connectivity index (χ0) is 17.1. The molecule has 0 aliphatic carbocycles. The van der Waals surface area contributed by atoms with Crippen LogP contribution in [0.2, 0.25) is 0 Å². The van der Waals surface area contributed by atoms with Crippen molar-refractivity contribution < 1.29 is 9.59 Å². The van der Waals surface area contributed by atoms with Gasteiger partial charge in [-0.1, -0.05) is 30.3 Å². The summed E-state index contributed by atoms with van der Waals surface area (Å²) >= 11 is 0. The second kappa shape index (κ2) is 6.50. The van der Waals surface area contributed by atoms with E-state index in [1.807, 2.05) is 37.3 Å². The van der Waals surface area contributed by atoms with Gasteiger partial charge >= 0.3 is 0 Å². The van der Waals surface area contributed by atoms with E-state index >= 15 is 0 Å². The highest BCUT2D eigenvalue weighted by Crippen LogP contribution is 2.18. The summed E-state index contributed by atoms with van der Waals surface area (Å²) in [6, 6.07) is 16.2. The number of amides is 2. The molecule has 0 spiro atoms. The van der Waals surface area contributed by atoms with Crippen LogP contribution in [0.4, 0.5) is 0 Å². The maximum absolute atomic E-state index is 12.6. The van der Waals surface area contributed by atoms with E-state index < -0.39 is 5.91 Å². The third-order valence-corrected chi connectivity index (χ3v) is 3.75. The lowest BCUT2D eigenvalue weighted by Gasteiger charge is -2.09. The quantitative estimate of drug-likeness (QED) is 0.775. The molecule has 1 heterocycles. The Hall–Kier alpha value is -3.21. The molecule has 0 aliphatic heterocycles. The van der Waals surface area contributed by atoms with Crippen LogP contribution in [-0.4, -0.2) is 16.8 Å². The summed E-state index contributed by atoms with van der Waals surface area (Å²) in [5.41, 5.74) is 8.68. The third-order valence-electron chi connectivity index (χ3n) is 3.75. The zero-order valence-corrected chi connectivity index (χ0v) is 13.2. The van der Waals surface area contributed by atoms with Crippen molar-refractivity contribution in [1.82, 2.24) is 10.3 Å². The maximum Gasteiger partial charge on any atom is 0.252 e. The number of carbonyl (C=O) groups excluding carboxylic acids is 2. The minimum atomic E-state index is -0.487. The van der Waals surface area contributed by atoms with Gasteiger partial charge in [-0.2, -0.15) is 0 Å². The van der Waals surface area contributed by atoms with Crippen LogP contribution < -0.4 is 11.1 Å². The van der Waals surface area contributed by atoms with Crippen LogP contribution in [0.25, 0.3) is 10.9 Å². The lowest BCUT2D eigenvalue weighted by atomic mass is 10.1. The van der Waals surface area contributed by atoms with Gasteiger partial charge in [0.25, 0.3) is 5.91 Å². The zero-order valence-electron chi connectivity index (χ0n) is 13.2. The number of benzene rings is 2. The summed E-state index contributed by atoms with van der Waals surface area (Å²) in [4.78, 5) is 28.2. The molecule has 0 bridgehead atoms. The molecular weight excluding hydrogens is 302 g/mol. The van der Waals surface area contributed by atoms with Crippen LogP contribution in [0, 0.1) is 6.92 Å². The van der Waals surface area contributed by atoms with Crippen LogP contribution >= 0.6 is 0 Å². The number of aromatic nitrogens is 1. The first-order valence-electron chi connectivity index (χ1n) is 7.58. The Kier molecular flexibility index (Phi) is 4.24. The van der Waals surface area contributed by atoms with Crippen LogP contribution in [0.5, 0.6) is 0 Å². The molecule has 0 radical (unpaired) electrons. The van der Waals surface area contributed by atoms with Gasteiger partial charge in [0.2, 0.25) is 5.91 Å². The molecular formula is C19H17N3O2. The minimum absolute atomic E-state index is 0.179. The molecule has 3 aromatic rings. The molecule has 5 nitrogen and oxygen atoms in total. The number of aryl methyl sites for hydroxylation is 1. The second-order valence-electron chi connectivity index (χ2n) is 5.58. The Morgan fingerprint density at radius 2 is 1.88 bits per heavy atom. The summed E-state index contributed by atoms with van der Waals surface area (Å²) in [5, 5.41) is 3.69. The number of nitrogens with one attached hydrogen (secondary N) is 1. The highest BCUT2D eigenvalue weighted by Gasteiger charge is 2.12. The Labute approximate surface area is 139 Å². The number of carbonyl (C=O) groups is 2. The van der Waals surface area contributed by atoms with Gasteiger partial charge in [0.05, 0.1) is 11.1 Å². The Bertz CT molecular complexity index is 935. The smallest absolute Gasteiger partial charge is 0.252 e. The number of nitrogens with two attached hydrogens (primary N) is 1. The summed E-state index contributed by atoms with van der Waals surface area (Å²) < 4.78 is 0. The van der Waals surface area contributed by atoms with Crippen LogP contribution in [-0.2, 0) is 6.54 Å². The summed E-state index contributed by atoms with van der Waals surface area (Å²) in [7, 11) is 0. The van der Waals surface area contributed by atoms with Crippen molar-refractivity contribution in [2.45, 2.75) is 13.5 Å². The maximum atomic E-state index is 12.6. The minimum Gasteiger partial charge on any atom is -0.366 e. The number of nitrogens with zero attached hydrogens (tertiary/aromatic N) is 1. The monoisotopic (exact) mass is 319 g/mol. The number of fused-ring (bicyclic) bond motifs is 1. The SMILES string of the molecule is Cc1cc(C(=O)NCc2cccc(C(N)=O)c2)c2ccccc2n1. The molecule has 0 saturated heterocycles. The first-order valence-corrected chi connectivity index (χ1v) is 7.58. The van der Waals surface area contributed by atoms with Crippen LogP contribution in [0.1, 0.15) is 32.0 Å². The molecule has 0 atom stereocenters. The van der Waals surface area contributed by atoms with Crippen LogP contribution in [0.3, 0.4) is 0 Å². The fraction of sp³-hybridized carbons (Fsp3) is 0.105. The second-order valence-corrected chi connectivity index (χ2v) is 5.58. The first kappa shape index (κ1) is 15.7. The number of para-hydroxylation sites is 1. The topological polar surface area (TPSA) is 85.1 Å². The highest BCUT2D eigenvalue weighted by atomic mass is 16.2. The van der Waals surface area contributed by atoms with Gasteiger partial charge in [0, 0.05) is 23.2 Å². The average Bonchev–Trinajstić information content (AvgIpc) is 2.59. The fourth-order valence-corrected chi connectivity index (χ4v) is 2.61. The van der Waals surface area contributed by atoms with Crippen molar-refractivity contribution in [2.75, 3.05) is 0 Å². The first-order chi connectivity index (χ1) is 11.5. The molecule has 0 saturated carbocycles. The normalized spacial score (nSPS) is 10.5. The van der Waals surface area contributed by atoms with Gasteiger partial charge in [-0.25, -0.2) is 0 Å². The number of hydrogen-bond donors (Lipinski definition) is 2. The Morgan fingerprint density at radius 1 is 1.08 bits per heavy atom. The molecule has 0 aliphatic rings. The molecule has 120 valence electrons. The molecule has 2 amide bonds. The van der Waals surface area contributed by atoms with Crippen molar-refractivity contribution in [3.63, 3.8) is 0 Å². The molecule has 3 rings (SSSR count). The number of hydrogen-bond acceptors (Lipinski definition) is 3. The van der Waals surface area contributed by atoms with E-state index in [0.717, 1.165) is 22.2 Å². The van der Waals surface area contributed by atoms with E-state index in [-0.39, 0.29) is 5.91 Å². The molecule has 3 N–H and O–H groups in total. The van der Waals surface area contributed by atoms with Gasteiger partial charge in [-0.05, 0) is 36.8 Å². The van der Waals surface area contributed by atoms with E-state index in [0.29, 0.717) is 17.7 Å². The van der Waals surface area contributed by atoms with E-state index in [9.17, 15) is 9.59 Å². The van der Waals surface area contributed by atoms with Gasteiger partial charge in [-0.15, -0.1) is 0 Å². The Balaban J connectivity index is 1.83. The summed E-state index contributed by atoms with van der Waals surface area (Å²) in [6.07, 6.45) is 0. The number of pyridine rings is 1. The van der Waals surface area contributed by atoms with Gasteiger partial charge in [0.15, 0.2) is 0 Å². The van der Waals surface area contributed by atoms with Gasteiger partial charge in [-0.3, -0.25) is 14.6 Å². The number of primary amides is 1. The van der Waals surface area contributed by atoms with E-state index in [2.05, 4.69) is 10.3 Å². The van der Waals surface area contributed by atoms with Crippen molar-refractivity contribution in [3.05, 3.63) is 77.0 Å². The van der Waals surface area contributed by atoms with Gasteiger partial charge in [0.1, 0.15) is 0 Å². The van der Waals surface area contributed by atoms with Crippen molar-refractivity contribution in [3.8, 4) is 0 Å². The van der Waals surface area contributed by atoms with Crippen molar-refractivity contribution in [2.24, 2.45) is 5.73 Å². The highest BCUT2D eigenvalue weighted by molar-refractivity contribution is 6.06. The average molecular weight is 319 g/mol. The fourth-order valence-electron chi connectivity index (χ4n) is 2.61. The predicted molar refractivity (Wildman–Crippen MR) is 92.6 cm³/mol. The largest absolute Gasteiger partial charge is 0.366 e. The van der Waals surface area contributed by atoms with Crippen molar-refractivity contribution >= 4 is 22.7 Å². The summed E-state index contributed by atoms with van der Waals surface area (Å²) in [6.45, 7) is 2.18. The predicted octanol–water partition coefficient (Wildman–Crippen LogP) is 2.57. The molecule has 24 heavy (non-hydrogen) atoms. The Morgan fingerprint density at radius 3 is 2.67 bits per heavy atom.